The van der Waals surface area contributed by atoms with Gasteiger partial charge in [-0.25, -0.2) is 9.97 Å². The number of halogens is 3. The van der Waals surface area contributed by atoms with E-state index in [4.69, 9.17) is 0 Å². The van der Waals surface area contributed by atoms with Crippen LogP contribution in [-0.4, -0.2) is 32.7 Å². The first-order valence-corrected chi connectivity index (χ1v) is 10.7. The van der Waals surface area contributed by atoms with Gasteiger partial charge in [-0.15, -0.1) is 16.4 Å². The molecule has 4 rings (SSSR count). The molecule has 0 N–H and O–H groups in total. The number of aromatic nitrogens is 4. The van der Waals surface area contributed by atoms with Gasteiger partial charge in [0, 0.05) is 36.1 Å². The fraction of sp³-hybridized carbons (Fsp3) is 0.529. The van der Waals surface area contributed by atoms with E-state index in [1.54, 1.807) is 0 Å². The van der Waals surface area contributed by atoms with Crippen LogP contribution >= 0.6 is 22.7 Å². The lowest BCUT2D eigenvalue weighted by molar-refractivity contribution is -0.140. The molecular formula is C17H18F3N5OS2. The molecule has 6 nitrogen and oxygen atoms in total. The van der Waals surface area contributed by atoms with Gasteiger partial charge in [0.1, 0.15) is 0 Å². The number of aryl methyl sites for hydroxylation is 1. The van der Waals surface area contributed by atoms with E-state index in [-0.39, 0.29) is 11.5 Å². The molecule has 3 aromatic rings. The second-order valence-electron chi connectivity index (χ2n) is 6.77. The molecule has 0 radical (unpaired) electrons. The van der Waals surface area contributed by atoms with Crippen molar-refractivity contribution >= 4 is 32.8 Å². The number of nitrogens with zero attached hydrogens (tertiary/aromatic N) is 5. The van der Waals surface area contributed by atoms with Gasteiger partial charge < -0.3 is 4.90 Å². The van der Waals surface area contributed by atoms with Crippen LogP contribution in [0, 0.1) is 0 Å². The normalized spacial score (nSPS) is 18.1. The van der Waals surface area contributed by atoms with Crippen LogP contribution in [-0.2, 0) is 12.6 Å². The minimum Gasteiger partial charge on any atom is -0.346 e. The molecule has 1 atom stereocenters. The van der Waals surface area contributed by atoms with E-state index < -0.39 is 11.9 Å². The predicted octanol–water partition coefficient (Wildman–Crippen LogP) is 3.96. The van der Waals surface area contributed by atoms with Crippen molar-refractivity contribution in [2.45, 2.75) is 44.7 Å². The minimum absolute atomic E-state index is 0.0813. The minimum atomic E-state index is -4.42. The van der Waals surface area contributed by atoms with Crippen molar-refractivity contribution in [3.63, 3.8) is 0 Å². The maximum atomic E-state index is 12.8. The molecule has 3 aromatic heterocycles. The fourth-order valence-electron chi connectivity index (χ4n) is 3.32. The highest BCUT2D eigenvalue weighted by Crippen LogP contribution is 2.36. The van der Waals surface area contributed by atoms with E-state index in [2.05, 4.69) is 15.1 Å². The van der Waals surface area contributed by atoms with Gasteiger partial charge in [-0.1, -0.05) is 24.7 Å². The lowest BCUT2D eigenvalue weighted by Gasteiger charge is -2.31. The SMILES string of the molecule is CCCc1cc(=O)n2nc(N3CCCC(c4nc(C(F)(F)F)cs4)C3)sc2n1. The second kappa shape index (κ2) is 7.43. The number of fused-ring (bicyclic) bond motifs is 1. The van der Waals surface area contributed by atoms with Gasteiger partial charge in [-0.3, -0.25) is 4.79 Å². The van der Waals surface area contributed by atoms with Gasteiger partial charge in [0.05, 0.1) is 5.01 Å². The van der Waals surface area contributed by atoms with E-state index in [9.17, 15) is 18.0 Å². The smallest absolute Gasteiger partial charge is 0.346 e. The molecule has 0 aromatic carbocycles. The first kappa shape index (κ1) is 19.3. The number of anilines is 1. The van der Waals surface area contributed by atoms with Crippen molar-refractivity contribution < 1.29 is 13.2 Å². The quantitative estimate of drug-likeness (QED) is 0.628. The summed E-state index contributed by atoms with van der Waals surface area (Å²) < 4.78 is 39.8. The Morgan fingerprint density at radius 1 is 1.32 bits per heavy atom. The van der Waals surface area contributed by atoms with E-state index in [0.29, 0.717) is 21.6 Å². The van der Waals surface area contributed by atoms with Crippen LogP contribution in [0.3, 0.4) is 0 Å². The maximum Gasteiger partial charge on any atom is 0.434 e. The van der Waals surface area contributed by atoms with Gasteiger partial charge >= 0.3 is 6.18 Å². The lowest BCUT2D eigenvalue weighted by Crippen LogP contribution is -2.34. The lowest BCUT2D eigenvalue weighted by atomic mass is 9.99. The van der Waals surface area contributed by atoms with Gasteiger partial charge in [0.25, 0.3) is 5.56 Å². The third-order valence-electron chi connectivity index (χ3n) is 4.65. The van der Waals surface area contributed by atoms with Gasteiger partial charge in [-0.05, 0) is 19.3 Å². The van der Waals surface area contributed by atoms with E-state index in [0.717, 1.165) is 54.6 Å². The summed E-state index contributed by atoms with van der Waals surface area (Å²) in [6.07, 6.45) is -1.18. The monoisotopic (exact) mass is 429 g/mol. The Morgan fingerprint density at radius 2 is 2.14 bits per heavy atom. The van der Waals surface area contributed by atoms with Crippen LogP contribution in [0.1, 0.15) is 48.5 Å². The molecular weight excluding hydrogens is 411 g/mol. The van der Waals surface area contributed by atoms with Crippen LogP contribution in [0.15, 0.2) is 16.2 Å². The molecule has 11 heteroatoms. The highest BCUT2D eigenvalue weighted by molar-refractivity contribution is 7.20. The number of hydrogen-bond donors (Lipinski definition) is 0. The average molecular weight is 429 g/mol. The summed E-state index contributed by atoms with van der Waals surface area (Å²) in [5.41, 5.74) is -0.287. The summed E-state index contributed by atoms with van der Waals surface area (Å²) in [6, 6.07) is 1.51. The van der Waals surface area contributed by atoms with Crippen LogP contribution in [0.5, 0.6) is 0 Å². The molecule has 4 heterocycles. The summed E-state index contributed by atoms with van der Waals surface area (Å²) in [6.45, 7) is 3.30. The van der Waals surface area contributed by atoms with Crippen molar-refractivity contribution in [3.8, 4) is 0 Å². The number of thiazole rings is 1. The van der Waals surface area contributed by atoms with Crippen molar-refractivity contribution in [1.82, 2.24) is 19.6 Å². The molecule has 0 amide bonds. The van der Waals surface area contributed by atoms with E-state index in [1.807, 2.05) is 11.8 Å². The van der Waals surface area contributed by atoms with Crippen LogP contribution in [0.2, 0.25) is 0 Å². The van der Waals surface area contributed by atoms with E-state index in [1.165, 1.54) is 21.9 Å². The van der Waals surface area contributed by atoms with Gasteiger partial charge in [0.2, 0.25) is 10.1 Å². The molecule has 150 valence electrons. The molecule has 0 aliphatic carbocycles. The van der Waals surface area contributed by atoms with Gasteiger partial charge in [0.15, 0.2) is 5.69 Å². The summed E-state index contributed by atoms with van der Waals surface area (Å²) in [5.74, 6) is -0.0813. The van der Waals surface area contributed by atoms with Crippen molar-refractivity contribution in [2.75, 3.05) is 18.0 Å². The zero-order chi connectivity index (χ0) is 19.9. The number of piperidine rings is 1. The molecule has 0 bridgehead atoms. The van der Waals surface area contributed by atoms with Crippen LogP contribution in [0.4, 0.5) is 18.3 Å². The zero-order valence-corrected chi connectivity index (χ0v) is 16.7. The molecule has 1 fully saturated rings. The molecule has 1 aliphatic rings. The second-order valence-corrected chi connectivity index (χ2v) is 8.59. The molecule has 28 heavy (non-hydrogen) atoms. The molecule has 1 aliphatic heterocycles. The Hall–Kier alpha value is -2.01. The summed E-state index contributed by atoms with van der Waals surface area (Å²) in [4.78, 5) is 23.2. The van der Waals surface area contributed by atoms with Crippen LogP contribution < -0.4 is 10.5 Å². The van der Waals surface area contributed by atoms with Crippen molar-refractivity contribution in [2.24, 2.45) is 0 Å². The highest BCUT2D eigenvalue weighted by Gasteiger charge is 2.35. The average Bonchev–Trinajstić information content (AvgIpc) is 3.29. The largest absolute Gasteiger partial charge is 0.434 e. The number of hydrogen-bond acceptors (Lipinski definition) is 7. The van der Waals surface area contributed by atoms with Crippen molar-refractivity contribution in [3.05, 3.63) is 38.2 Å². The summed E-state index contributed by atoms with van der Waals surface area (Å²) in [7, 11) is 0. The predicted molar refractivity (Wildman–Crippen MR) is 102 cm³/mol. The topological polar surface area (TPSA) is 63.4 Å². The molecule has 1 saturated heterocycles. The Bertz CT molecular complexity index is 1040. The Morgan fingerprint density at radius 3 is 2.86 bits per heavy atom. The number of rotatable bonds is 4. The Balaban J connectivity index is 1.58. The first-order valence-electron chi connectivity index (χ1n) is 9.02. The standard InChI is InChI=1S/C17H18F3N5OS2/c1-2-4-11-7-13(26)25-15(21-11)28-16(23-25)24-6-3-5-10(8-24)14-22-12(9-27-14)17(18,19)20/h7,9-10H,2-6,8H2,1H3. The molecule has 0 saturated carbocycles. The number of alkyl halides is 3. The van der Waals surface area contributed by atoms with Crippen molar-refractivity contribution in [1.29, 1.82) is 0 Å². The summed E-state index contributed by atoms with van der Waals surface area (Å²) in [5, 5.41) is 6.63. The van der Waals surface area contributed by atoms with Gasteiger partial charge in [-0.2, -0.15) is 17.7 Å². The highest BCUT2D eigenvalue weighted by atomic mass is 32.1. The van der Waals surface area contributed by atoms with E-state index >= 15 is 0 Å². The third kappa shape index (κ3) is 3.77. The van der Waals surface area contributed by atoms with Crippen LogP contribution in [0.25, 0.3) is 4.96 Å². The summed E-state index contributed by atoms with van der Waals surface area (Å²) >= 11 is 2.39. The molecule has 0 spiro atoms. The third-order valence-corrected chi connectivity index (χ3v) is 6.62. The first-order chi connectivity index (χ1) is 13.3. The fourth-order valence-corrected chi connectivity index (χ4v) is 5.23. The zero-order valence-electron chi connectivity index (χ0n) is 15.1. The maximum absolute atomic E-state index is 12.8. The molecule has 1 unspecified atom stereocenters. The Labute approximate surface area is 166 Å². The Kier molecular flexibility index (Phi) is 5.13.